The van der Waals surface area contributed by atoms with Crippen LogP contribution in [0.3, 0.4) is 0 Å². The van der Waals surface area contributed by atoms with Crippen molar-refractivity contribution in [2.45, 2.75) is 31.4 Å². The normalized spacial score (nSPS) is 21.2. The van der Waals surface area contributed by atoms with Gasteiger partial charge in [0.2, 0.25) is 5.91 Å². The van der Waals surface area contributed by atoms with Gasteiger partial charge in [0.15, 0.2) is 0 Å². The molecule has 2 heterocycles. The smallest absolute Gasteiger partial charge is 0.253 e. The van der Waals surface area contributed by atoms with Crippen molar-refractivity contribution < 1.29 is 14.3 Å². The summed E-state index contributed by atoms with van der Waals surface area (Å²) in [4.78, 5) is 30.1. The van der Waals surface area contributed by atoms with Gasteiger partial charge in [-0.15, -0.1) is 0 Å². The highest BCUT2D eigenvalue weighted by molar-refractivity contribution is 7.98. The highest BCUT2D eigenvalue weighted by atomic mass is 35.5. The molecule has 1 aromatic carbocycles. The summed E-state index contributed by atoms with van der Waals surface area (Å²) in [7, 11) is 0. The van der Waals surface area contributed by atoms with E-state index in [1.165, 1.54) is 0 Å². The number of benzene rings is 1. The zero-order valence-electron chi connectivity index (χ0n) is 16.9. The van der Waals surface area contributed by atoms with Gasteiger partial charge in [0.25, 0.3) is 5.91 Å². The zero-order valence-corrected chi connectivity index (χ0v) is 18.5. The quantitative estimate of drug-likeness (QED) is 0.674. The molecular formula is C21H30ClN3O3S. The maximum absolute atomic E-state index is 13.1. The fraction of sp³-hybridized carbons (Fsp3) is 0.619. The average Bonchev–Trinajstić information content (AvgIpc) is 3.24. The number of thioether (sulfide) groups is 1. The number of carbonyl (C=O) groups is 2. The second kappa shape index (κ2) is 11.2. The minimum atomic E-state index is -0.532. The van der Waals surface area contributed by atoms with Crippen LogP contribution < -0.4 is 5.32 Å². The molecule has 1 aromatic rings. The monoisotopic (exact) mass is 439 g/mol. The van der Waals surface area contributed by atoms with Crippen LogP contribution in [-0.2, 0) is 9.53 Å². The summed E-state index contributed by atoms with van der Waals surface area (Å²) in [5, 5.41) is 3.31. The molecule has 0 bridgehead atoms. The molecule has 0 aromatic heterocycles. The van der Waals surface area contributed by atoms with Crippen LogP contribution in [0, 0.1) is 0 Å². The van der Waals surface area contributed by atoms with Gasteiger partial charge in [-0.3, -0.25) is 14.5 Å². The van der Waals surface area contributed by atoms with E-state index in [9.17, 15) is 9.59 Å². The minimum absolute atomic E-state index is 0.00350. The minimum Gasteiger partial charge on any atom is -0.377 e. The van der Waals surface area contributed by atoms with Gasteiger partial charge in [-0.05, 0) is 43.4 Å². The maximum Gasteiger partial charge on any atom is 0.253 e. The lowest BCUT2D eigenvalue weighted by molar-refractivity contribution is -0.135. The Kier molecular flexibility index (Phi) is 8.66. The van der Waals surface area contributed by atoms with E-state index in [1.807, 2.05) is 11.2 Å². The molecule has 29 heavy (non-hydrogen) atoms. The zero-order chi connectivity index (χ0) is 20.6. The van der Waals surface area contributed by atoms with Crippen molar-refractivity contribution >= 4 is 35.2 Å². The predicted molar refractivity (Wildman–Crippen MR) is 118 cm³/mol. The Labute approximate surface area is 182 Å². The van der Waals surface area contributed by atoms with E-state index >= 15 is 0 Å². The fourth-order valence-electron chi connectivity index (χ4n) is 3.82. The number of amides is 2. The summed E-state index contributed by atoms with van der Waals surface area (Å²) in [6.45, 7) is 4.87. The molecule has 2 saturated heterocycles. The Morgan fingerprint density at radius 1 is 1.28 bits per heavy atom. The lowest BCUT2D eigenvalue weighted by Crippen LogP contribution is -2.55. The van der Waals surface area contributed by atoms with Gasteiger partial charge in [0.05, 0.1) is 16.7 Å². The van der Waals surface area contributed by atoms with Gasteiger partial charge in [0.1, 0.15) is 6.04 Å². The van der Waals surface area contributed by atoms with Gasteiger partial charge < -0.3 is 15.0 Å². The number of halogens is 1. The molecule has 3 rings (SSSR count). The van der Waals surface area contributed by atoms with Crippen LogP contribution in [0.4, 0.5) is 0 Å². The molecule has 0 aliphatic carbocycles. The third-order valence-electron chi connectivity index (χ3n) is 5.50. The molecule has 2 aliphatic heterocycles. The van der Waals surface area contributed by atoms with Crippen molar-refractivity contribution in [2.75, 3.05) is 51.3 Å². The third kappa shape index (κ3) is 6.35. The Morgan fingerprint density at radius 3 is 2.69 bits per heavy atom. The van der Waals surface area contributed by atoms with Gasteiger partial charge in [-0.1, -0.05) is 23.7 Å². The Bertz CT molecular complexity index is 692. The number of rotatable bonds is 8. The van der Waals surface area contributed by atoms with E-state index in [1.54, 1.807) is 36.0 Å². The van der Waals surface area contributed by atoms with E-state index in [4.69, 9.17) is 16.3 Å². The van der Waals surface area contributed by atoms with Crippen LogP contribution in [0.25, 0.3) is 0 Å². The molecule has 8 heteroatoms. The van der Waals surface area contributed by atoms with Crippen LogP contribution in [0.2, 0.25) is 5.02 Å². The number of carbonyl (C=O) groups excluding carboxylic acids is 2. The molecule has 2 unspecified atom stereocenters. The molecule has 2 atom stereocenters. The lowest BCUT2D eigenvalue weighted by atomic mass is 10.1. The second-order valence-corrected chi connectivity index (χ2v) is 8.94. The summed E-state index contributed by atoms with van der Waals surface area (Å²) in [5.74, 6) is 0.501. The summed E-state index contributed by atoms with van der Waals surface area (Å²) in [5.41, 5.74) is 0.400. The van der Waals surface area contributed by atoms with E-state index in [0.717, 1.165) is 44.8 Å². The predicted octanol–water partition coefficient (Wildman–Crippen LogP) is 2.51. The Hall–Kier alpha value is -1.28. The highest BCUT2D eigenvalue weighted by Crippen LogP contribution is 2.17. The van der Waals surface area contributed by atoms with Crippen molar-refractivity contribution in [3.63, 3.8) is 0 Å². The second-order valence-electron chi connectivity index (χ2n) is 7.55. The third-order valence-corrected chi connectivity index (χ3v) is 6.48. The number of hydrogen-bond donors (Lipinski definition) is 1. The molecule has 0 radical (unpaired) electrons. The largest absolute Gasteiger partial charge is 0.377 e. The molecule has 0 saturated carbocycles. The highest BCUT2D eigenvalue weighted by Gasteiger charge is 2.30. The molecule has 2 amide bonds. The number of ether oxygens (including phenoxy) is 1. The Morgan fingerprint density at radius 2 is 2.03 bits per heavy atom. The first kappa shape index (κ1) is 22.4. The van der Waals surface area contributed by atoms with Crippen molar-refractivity contribution in [1.29, 1.82) is 0 Å². The number of hydrogen-bond acceptors (Lipinski definition) is 5. The Balaban J connectivity index is 1.56. The molecular weight excluding hydrogens is 410 g/mol. The van der Waals surface area contributed by atoms with E-state index in [2.05, 4.69) is 10.2 Å². The first-order chi connectivity index (χ1) is 14.1. The summed E-state index contributed by atoms with van der Waals surface area (Å²) < 4.78 is 5.73. The molecule has 160 valence electrons. The number of nitrogens with zero attached hydrogens (tertiary/aromatic N) is 2. The average molecular weight is 440 g/mol. The molecule has 1 N–H and O–H groups in total. The summed E-state index contributed by atoms with van der Waals surface area (Å²) in [6, 6.07) is 6.38. The van der Waals surface area contributed by atoms with Crippen LogP contribution in [0.15, 0.2) is 24.3 Å². The standard InChI is InChI=1S/C21H30ClN3O3S/c1-29-14-8-19(23-20(26)17-6-2-3-7-18(17)22)21(27)25-11-9-24(10-12-25)15-16-5-4-13-28-16/h2-3,6-7,16,19H,4-5,8-15H2,1H3,(H,23,26). The van der Waals surface area contributed by atoms with E-state index in [0.29, 0.717) is 36.2 Å². The summed E-state index contributed by atoms with van der Waals surface area (Å²) >= 11 is 7.81. The fourth-order valence-corrected chi connectivity index (χ4v) is 4.51. The van der Waals surface area contributed by atoms with Crippen molar-refractivity contribution in [1.82, 2.24) is 15.1 Å². The van der Waals surface area contributed by atoms with Crippen LogP contribution >= 0.6 is 23.4 Å². The van der Waals surface area contributed by atoms with Crippen LogP contribution in [0.1, 0.15) is 29.6 Å². The van der Waals surface area contributed by atoms with E-state index in [-0.39, 0.29) is 11.8 Å². The first-order valence-corrected chi connectivity index (χ1v) is 12.0. The van der Waals surface area contributed by atoms with Gasteiger partial charge >= 0.3 is 0 Å². The van der Waals surface area contributed by atoms with Gasteiger partial charge in [0, 0.05) is 39.3 Å². The summed E-state index contributed by atoms with van der Waals surface area (Å²) in [6.07, 6.45) is 5.21. The topological polar surface area (TPSA) is 61.9 Å². The molecule has 2 fully saturated rings. The number of nitrogens with one attached hydrogen (secondary N) is 1. The van der Waals surface area contributed by atoms with E-state index < -0.39 is 6.04 Å². The van der Waals surface area contributed by atoms with Crippen LogP contribution in [0.5, 0.6) is 0 Å². The molecule has 6 nitrogen and oxygen atoms in total. The van der Waals surface area contributed by atoms with Gasteiger partial charge in [-0.2, -0.15) is 11.8 Å². The van der Waals surface area contributed by atoms with Crippen molar-refractivity contribution in [3.8, 4) is 0 Å². The maximum atomic E-state index is 13.1. The van der Waals surface area contributed by atoms with Crippen molar-refractivity contribution in [3.05, 3.63) is 34.9 Å². The van der Waals surface area contributed by atoms with Gasteiger partial charge in [-0.25, -0.2) is 0 Å². The first-order valence-electron chi connectivity index (χ1n) is 10.3. The molecule has 0 spiro atoms. The van der Waals surface area contributed by atoms with Crippen LogP contribution in [-0.4, -0.2) is 85.1 Å². The SMILES string of the molecule is CSCCC(NC(=O)c1ccccc1Cl)C(=O)N1CCN(CC2CCCO2)CC1. The number of piperazine rings is 1. The molecule has 2 aliphatic rings. The lowest BCUT2D eigenvalue weighted by Gasteiger charge is -2.37. The van der Waals surface area contributed by atoms with Crippen molar-refractivity contribution in [2.24, 2.45) is 0 Å².